The Morgan fingerprint density at radius 2 is 1.43 bits per heavy atom. The molecule has 1 atom stereocenters. The molecule has 1 heteroatoms. The Bertz CT molecular complexity index is 187. The zero-order valence-corrected chi connectivity index (χ0v) is 9.32. The normalized spacial score (nSPS) is 14.8. The maximum atomic E-state index is 8.94. The van der Waals surface area contributed by atoms with Gasteiger partial charge in [0, 0.05) is 0 Å². The van der Waals surface area contributed by atoms with Crippen molar-refractivity contribution in [2.75, 3.05) is 0 Å². The van der Waals surface area contributed by atoms with Crippen molar-refractivity contribution in [3.8, 4) is 0 Å². The summed E-state index contributed by atoms with van der Waals surface area (Å²) < 4.78 is 0. The van der Waals surface area contributed by atoms with Crippen LogP contribution in [-0.4, -0.2) is 11.2 Å². The molecule has 1 nitrogen and oxygen atoms in total. The van der Waals surface area contributed by atoms with E-state index in [0.29, 0.717) is 0 Å². The average molecular weight is 194 g/mol. The molecule has 0 aliphatic heterocycles. The van der Waals surface area contributed by atoms with Crippen LogP contribution in [0.5, 0.6) is 0 Å². The third-order valence-corrected chi connectivity index (χ3v) is 1.82. The summed E-state index contributed by atoms with van der Waals surface area (Å²) in [5, 5.41) is 8.94. The first-order valence-electron chi connectivity index (χ1n) is 5.38. The molecule has 0 radical (unpaired) electrons. The van der Waals surface area contributed by atoms with Crippen LogP contribution in [0.2, 0.25) is 0 Å². The predicted molar refractivity (Wildman–Crippen MR) is 63.2 cm³/mol. The van der Waals surface area contributed by atoms with Crippen LogP contribution in [0.15, 0.2) is 36.5 Å². The lowest BCUT2D eigenvalue weighted by atomic mass is 10.2. The summed E-state index contributed by atoms with van der Waals surface area (Å²) in [6.45, 7) is 3.81. The maximum absolute atomic E-state index is 8.94. The zero-order chi connectivity index (χ0) is 10.6. The highest BCUT2D eigenvalue weighted by molar-refractivity contribution is 4.91. The summed E-state index contributed by atoms with van der Waals surface area (Å²) in [4.78, 5) is 0. The van der Waals surface area contributed by atoms with E-state index in [1.165, 1.54) is 0 Å². The van der Waals surface area contributed by atoms with Crippen molar-refractivity contribution in [1.29, 1.82) is 0 Å². The van der Waals surface area contributed by atoms with Gasteiger partial charge in [0.2, 0.25) is 0 Å². The second kappa shape index (κ2) is 10.3. The van der Waals surface area contributed by atoms with Crippen molar-refractivity contribution in [2.24, 2.45) is 0 Å². The fourth-order valence-electron chi connectivity index (χ4n) is 1.08. The molecule has 0 heterocycles. The third kappa shape index (κ3) is 11.2. The molecule has 0 aliphatic carbocycles. The molecule has 0 saturated heterocycles. The SMILES string of the molecule is C/C=C/CC/C=C/CC/C=C/C(C)O. The Balaban J connectivity index is 3.27. The van der Waals surface area contributed by atoms with E-state index in [-0.39, 0.29) is 6.10 Å². The number of hydrogen-bond donors (Lipinski definition) is 1. The van der Waals surface area contributed by atoms with E-state index in [1.54, 1.807) is 6.92 Å². The summed E-state index contributed by atoms with van der Waals surface area (Å²) in [5.41, 5.74) is 0. The van der Waals surface area contributed by atoms with Crippen molar-refractivity contribution in [2.45, 2.75) is 45.6 Å². The first kappa shape index (κ1) is 13.2. The van der Waals surface area contributed by atoms with E-state index >= 15 is 0 Å². The summed E-state index contributed by atoms with van der Waals surface area (Å²) >= 11 is 0. The molecular weight excluding hydrogens is 172 g/mol. The van der Waals surface area contributed by atoms with Gasteiger partial charge in [0.25, 0.3) is 0 Å². The van der Waals surface area contributed by atoms with Gasteiger partial charge in [-0.25, -0.2) is 0 Å². The molecular formula is C13H22O. The van der Waals surface area contributed by atoms with Crippen LogP contribution in [0.4, 0.5) is 0 Å². The lowest BCUT2D eigenvalue weighted by molar-refractivity contribution is 0.244. The summed E-state index contributed by atoms with van der Waals surface area (Å²) in [6.07, 6.45) is 16.6. The zero-order valence-electron chi connectivity index (χ0n) is 9.32. The molecule has 0 aliphatic rings. The van der Waals surface area contributed by atoms with Crippen LogP contribution in [0, 0.1) is 0 Å². The minimum atomic E-state index is -0.311. The van der Waals surface area contributed by atoms with Crippen LogP contribution in [-0.2, 0) is 0 Å². The number of aliphatic hydroxyl groups excluding tert-OH is 1. The van der Waals surface area contributed by atoms with Gasteiger partial charge in [-0.3, -0.25) is 0 Å². The molecule has 0 amide bonds. The highest BCUT2D eigenvalue weighted by atomic mass is 16.3. The third-order valence-electron chi connectivity index (χ3n) is 1.82. The minimum absolute atomic E-state index is 0.311. The lowest BCUT2D eigenvalue weighted by Gasteiger charge is -1.92. The number of unbranched alkanes of at least 4 members (excludes halogenated alkanes) is 2. The van der Waals surface area contributed by atoms with E-state index in [1.807, 2.05) is 19.1 Å². The molecule has 0 spiro atoms. The first-order valence-corrected chi connectivity index (χ1v) is 5.38. The highest BCUT2D eigenvalue weighted by Gasteiger charge is 1.83. The number of rotatable bonds is 7. The molecule has 0 rings (SSSR count). The van der Waals surface area contributed by atoms with Crippen LogP contribution in [0.25, 0.3) is 0 Å². The maximum Gasteiger partial charge on any atom is 0.0692 e. The fourth-order valence-corrected chi connectivity index (χ4v) is 1.08. The molecule has 0 saturated carbocycles. The number of aliphatic hydroxyl groups is 1. The summed E-state index contributed by atoms with van der Waals surface area (Å²) in [5.74, 6) is 0. The predicted octanol–water partition coefficient (Wildman–Crippen LogP) is 3.62. The lowest BCUT2D eigenvalue weighted by Crippen LogP contribution is -1.90. The van der Waals surface area contributed by atoms with Gasteiger partial charge in [-0.1, -0.05) is 36.5 Å². The fraction of sp³-hybridized carbons (Fsp3) is 0.538. The van der Waals surface area contributed by atoms with Gasteiger partial charge < -0.3 is 5.11 Å². The van der Waals surface area contributed by atoms with Gasteiger partial charge >= 0.3 is 0 Å². The van der Waals surface area contributed by atoms with Gasteiger partial charge in [-0.2, -0.15) is 0 Å². The van der Waals surface area contributed by atoms with E-state index in [4.69, 9.17) is 5.11 Å². The molecule has 80 valence electrons. The molecule has 0 bridgehead atoms. The smallest absolute Gasteiger partial charge is 0.0692 e. The number of hydrogen-bond acceptors (Lipinski definition) is 1. The summed E-state index contributed by atoms with van der Waals surface area (Å²) in [6, 6.07) is 0. The van der Waals surface area contributed by atoms with E-state index < -0.39 is 0 Å². The van der Waals surface area contributed by atoms with Crippen molar-refractivity contribution in [3.63, 3.8) is 0 Å². The van der Waals surface area contributed by atoms with Crippen LogP contribution >= 0.6 is 0 Å². The van der Waals surface area contributed by atoms with E-state index in [2.05, 4.69) is 24.3 Å². The molecule has 1 unspecified atom stereocenters. The molecule has 1 N–H and O–H groups in total. The second-order valence-electron chi connectivity index (χ2n) is 3.36. The highest BCUT2D eigenvalue weighted by Crippen LogP contribution is 1.98. The van der Waals surface area contributed by atoms with Gasteiger partial charge in [0.15, 0.2) is 0 Å². The molecule has 0 aromatic carbocycles. The first-order chi connectivity index (χ1) is 6.77. The minimum Gasteiger partial charge on any atom is -0.389 e. The quantitative estimate of drug-likeness (QED) is 0.485. The topological polar surface area (TPSA) is 20.2 Å². The van der Waals surface area contributed by atoms with Crippen LogP contribution in [0.1, 0.15) is 39.5 Å². The molecule has 0 aromatic rings. The van der Waals surface area contributed by atoms with Crippen molar-refractivity contribution >= 4 is 0 Å². The standard InChI is InChI=1S/C13H22O/c1-3-4-5-6-7-8-9-10-11-12-13(2)14/h3-4,7-8,11-14H,5-6,9-10H2,1-2H3/b4-3+,8-7+,12-11+. The van der Waals surface area contributed by atoms with Crippen LogP contribution in [0.3, 0.4) is 0 Å². The number of allylic oxidation sites excluding steroid dienone is 5. The van der Waals surface area contributed by atoms with Crippen molar-refractivity contribution in [1.82, 2.24) is 0 Å². The van der Waals surface area contributed by atoms with Crippen LogP contribution < -0.4 is 0 Å². The van der Waals surface area contributed by atoms with Gasteiger partial charge in [-0.05, 0) is 39.5 Å². The van der Waals surface area contributed by atoms with Crippen molar-refractivity contribution < 1.29 is 5.11 Å². The van der Waals surface area contributed by atoms with E-state index in [0.717, 1.165) is 25.7 Å². The average Bonchev–Trinajstić information content (AvgIpc) is 2.15. The van der Waals surface area contributed by atoms with Gasteiger partial charge in [0.1, 0.15) is 0 Å². The second-order valence-corrected chi connectivity index (χ2v) is 3.36. The van der Waals surface area contributed by atoms with E-state index in [9.17, 15) is 0 Å². The molecule has 14 heavy (non-hydrogen) atoms. The summed E-state index contributed by atoms with van der Waals surface area (Å²) in [7, 11) is 0. The van der Waals surface area contributed by atoms with Gasteiger partial charge in [0.05, 0.1) is 6.10 Å². The molecule has 0 fully saturated rings. The Labute approximate surface area is 87.8 Å². The van der Waals surface area contributed by atoms with Gasteiger partial charge in [-0.15, -0.1) is 0 Å². The Hall–Kier alpha value is -0.820. The Morgan fingerprint density at radius 1 is 0.929 bits per heavy atom. The van der Waals surface area contributed by atoms with Crippen molar-refractivity contribution in [3.05, 3.63) is 36.5 Å². The Morgan fingerprint density at radius 3 is 1.93 bits per heavy atom. The molecule has 0 aromatic heterocycles. The largest absolute Gasteiger partial charge is 0.389 e. The Kier molecular flexibility index (Phi) is 9.66. The monoisotopic (exact) mass is 194 g/mol.